The van der Waals surface area contributed by atoms with Gasteiger partial charge in [0.2, 0.25) is 0 Å². The molecule has 0 unspecified atom stereocenters. The van der Waals surface area contributed by atoms with Crippen LogP contribution in [0.1, 0.15) is 130 Å². The van der Waals surface area contributed by atoms with E-state index in [4.69, 9.17) is 29.9 Å². The number of aromatic nitrogens is 9. The third-order valence-electron chi connectivity index (χ3n) is 32.5. The van der Waals surface area contributed by atoms with E-state index in [9.17, 15) is 0 Å². The van der Waals surface area contributed by atoms with Crippen molar-refractivity contribution in [3.05, 3.63) is 513 Å². The molecule has 6 aliphatic carbocycles. The Kier molecular flexibility index (Phi) is 24.7. The van der Waals surface area contributed by atoms with E-state index in [1.165, 1.54) is 202 Å². The zero-order valence-electron chi connectivity index (χ0n) is 83.7. The molecule has 6 heterocycles. The monoisotopic (exact) mass is 1930 g/mol. The molecule has 0 amide bonds. The standard InChI is InChI=1S/C51H39N3.2C45H35N3/c1-3-10-41(11-4-1)50-53-48(33-49(54-50)40-25-21-38(22-26-40)43-12-9-31-52-34-43)39-23-19-36(20-24-39)35-15-17-37(18-16-35)42-27-28-47-45(32-42)44-13-5-6-14-46(44)51(47)29-7-2-8-30-51;1-3-11-33(12-4-1)44-47-42(32-20-18-31(19-21-32)37-15-10-26-46-30-37)29-43(48-44)36-14-9-13-34(27-36)35-22-23-41-39(28-35)38-16-5-6-17-40(38)45(41)24-7-2-8-25-45;1-3-10-35(11-4-1)44-47-42(29-43(48-44)34-21-17-32(18-22-34)37-12-9-27-46-30-37)33-19-15-31(16-20-33)36-23-24-41-39(28-36)38-13-5-6-14-40(38)45(41)25-7-2-8-26-45/h1,3-6,9-28,31-34H,2,7-8,29-30H2;1,3-6,9-23,26-30H,2,7-8,24-25H2;1,3-6,9-24,27-30H,2,7-8,25-26H2. The predicted molar refractivity (Wildman–Crippen MR) is 614 cm³/mol. The van der Waals surface area contributed by atoms with Crippen LogP contribution in [0.2, 0.25) is 0 Å². The number of pyridine rings is 3. The highest BCUT2D eigenvalue weighted by atomic mass is 14.9. The summed E-state index contributed by atoms with van der Waals surface area (Å²) in [5.74, 6) is 2.15. The number of hydrogen-bond acceptors (Lipinski definition) is 9. The minimum atomic E-state index is 0.173. The highest BCUT2D eigenvalue weighted by Crippen LogP contribution is 2.60. The lowest BCUT2D eigenvalue weighted by Crippen LogP contribution is -2.27. The van der Waals surface area contributed by atoms with Crippen LogP contribution >= 0.6 is 0 Å². The Labute approximate surface area is 877 Å². The van der Waals surface area contributed by atoms with E-state index >= 15 is 0 Å². The molecule has 6 aliphatic rings. The molecular formula is C141H109N9. The average molecular weight is 1930 g/mol. The van der Waals surface area contributed by atoms with Gasteiger partial charge in [0, 0.05) is 103 Å². The van der Waals surface area contributed by atoms with Crippen molar-refractivity contribution in [2.45, 2.75) is 113 Å². The minimum absolute atomic E-state index is 0.173. The maximum absolute atomic E-state index is 5.12. The van der Waals surface area contributed by atoms with E-state index in [1.54, 1.807) is 24.2 Å². The Morgan fingerprint density at radius 1 is 0.133 bits per heavy atom. The topological polar surface area (TPSA) is 116 Å². The highest BCUT2D eigenvalue weighted by Gasteiger charge is 2.47. The van der Waals surface area contributed by atoms with Crippen molar-refractivity contribution < 1.29 is 0 Å². The van der Waals surface area contributed by atoms with Gasteiger partial charge in [-0.2, -0.15) is 0 Å². The van der Waals surface area contributed by atoms with Crippen LogP contribution in [0.5, 0.6) is 0 Å². The first-order valence-corrected chi connectivity index (χ1v) is 53.2. The molecular weight excluding hydrogens is 1820 g/mol. The van der Waals surface area contributed by atoms with Crippen molar-refractivity contribution in [2.75, 3.05) is 0 Å². The third-order valence-corrected chi connectivity index (χ3v) is 32.5. The molecule has 3 fully saturated rings. The van der Waals surface area contributed by atoms with E-state index in [0.29, 0.717) is 5.82 Å². The predicted octanol–water partition coefficient (Wildman–Crippen LogP) is 36.0. The van der Waals surface area contributed by atoms with Crippen molar-refractivity contribution in [1.82, 2.24) is 44.9 Å². The number of nitrogens with zero attached hydrogens (tertiary/aromatic N) is 9. The molecule has 6 aromatic heterocycles. The van der Waals surface area contributed by atoms with Crippen molar-refractivity contribution in [3.8, 4) is 213 Å². The molecule has 150 heavy (non-hydrogen) atoms. The Hall–Kier alpha value is -17.8. The number of hydrogen-bond donors (Lipinski definition) is 0. The minimum Gasteiger partial charge on any atom is -0.264 e. The molecule has 16 aromatic carbocycles. The summed E-state index contributed by atoms with van der Waals surface area (Å²) < 4.78 is 0. The van der Waals surface area contributed by atoms with Gasteiger partial charge in [-0.15, -0.1) is 0 Å². The molecule has 9 nitrogen and oxygen atoms in total. The molecule has 3 spiro atoms. The molecule has 9 heteroatoms. The van der Waals surface area contributed by atoms with E-state index < -0.39 is 0 Å². The zero-order chi connectivity index (χ0) is 99.7. The number of benzene rings is 16. The molecule has 3 saturated carbocycles. The first-order chi connectivity index (χ1) is 74.2. The SMILES string of the molecule is c1ccc(-c2nc(-c3ccc(-c4ccc(-c5ccc6c(c5)-c5ccccc5C65CCCCC5)cc4)cc3)cc(-c3ccc(-c4cccnc4)cc3)n2)cc1.c1ccc(-c2nc(-c3ccc(-c4cccnc4)cc3)cc(-c3ccc(-c4ccc5c(c4)-c4ccccc4C54CCCCC4)cc3)n2)cc1.c1ccc(-c2nc(-c3ccc(-c4cccnc4)cc3)cc(-c3cccc(-c4ccc5c(c4)-c4ccccc4C54CCCCC4)c3)n2)cc1. The van der Waals surface area contributed by atoms with Gasteiger partial charge >= 0.3 is 0 Å². The van der Waals surface area contributed by atoms with Crippen LogP contribution < -0.4 is 0 Å². The summed E-state index contributed by atoms with van der Waals surface area (Å²) in [6.45, 7) is 0. The summed E-state index contributed by atoms with van der Waals surface area (Å²) in [5.41, 5.74) is 49.4. The lowest BCUT2D eigenvalue weighted by molar-refractivity contribution is 0.353. The molecule has 0 aliphatic heterocycles. The molecule has 28 rings (SSSR count). The maximum atomic E-state index is 5.12. The van der Waals surface area contributed by atoms with Crippen LogP contribution in [0, 0.1) is 0 Å². The van der Waals surface area contributed by atoms with E-state index in [2.05, 4.69) is 385 Å². The van der Waals surface area contributed by atoms with Crippen LogP contribution in [-0.2, 0) is 16.2 Å². The van der Waals surface area contributed by atoms with Crippen LogP contribution in [-0.4, -0.2) is 44.9 Å². The van der Waals surface area contributed by atoms with Gasteiger partial charge in [-0.25, -0.2) is 29.9 Å². The summed E-state index contributed by atoms with van der Waals surface area (Å²) in [7, 11) is 0. The first kappa shape index (κ1) is 92.1. The largest absolute Gasteiger partial charge is 0.264 e. The van der Waals surface area contributed by atoms with Crippen LogP contribution in [0.4, 0.5) is 0 Å². The number of rotatable bonds is 16. The summed E-state index contributed by atoms with van der Waals surface area (Å²) in [6, 6.07) is 159. The second-order valence-electron chi connectivity index (χ2n) is 41.1. The molecule has 0 atom stereocenters. The maximum Gasteiger partial charge on any atom is 0.160 e. The fourth-order valence-corrected chi connectivity index (χ4v) is 24.9. The molecule has 0 saturated heterocycles. The second-order valence-corrected chi connectivity index (χ2v) is 41.1. The smallest absolute Gasteiger partial charge is 0.160 e. The Balaban J connectivity index is 0.000000114. The summed E-state index contributed by atoms with van der Waals surface area (Å²) in [6.07, 6.45) is 30.5. The number of fused-ring (bicyclic) bond motifs is 15. The Bertz CT molecular complexity index is 8690. The third kappa shape index (κ3) is 17.7. The van der Waals surface area contributed by atoms with Crippen LogP contribution in [0.3, 0.4) is 0 Å². The second kappa shape index (κ2) is 40.2. The summed E-state index contributed by atoms with van der Waals surface area (Å²) in [5, 5.41) is 0. The molecule has 718 valence electrons. The van der Waals surface area contributed by atoms with Gasteiger partial charge in [-0.05, 0) is 244 Å². The van der Waals surface area contributed by atoms with Gasteiger partial charge in [-0.1, -0.05) is 440 Å². The van der Waals surface area contributed by atoms with Gasteiger partial charge < -0.3 is 0 Å². The van der Waals surface area contributed by atoms with Crippen molar-refractivity contribution in [3.63, 3.8) is 0 Å². The van der Waals surface area contributed by atoms with Crippen molar-refractivity contribution >= 4 is 0 Å². The van der Waals surface area contributed by atoms with Gasteiger partial charge in [0.25, 0.3) is 0 Å². The summed E-state index contributed by atoms with van der Waals surface area (Å²) >= 11 is 0. The Morgan fingerprint density at radius 3 is 0.620 bits per heavy atom. The van der Waals surface area contributed by atoms with Gasteiger partial charge in [0.1, 0.15) is 0 Å². The zero-order valence-corrected chi connectivity index (χ0v) is 83.7. The molecule has 0 N–H and O–H groups in total. The molecule has 22 aromatic rings. The van der Waals surface area contributed by atoms with Crippen LogP contribution in [0.25, 0.3) is 213 Å². The molecule has 0 bridgehead atoms. The van der Waals surface area contributed by atoms with E-state index in [1.807, 2.05) is 91.4 Å². The van der Waals surface area contributed by atoms with Gasteiger partial charge in [0.15, 0.2) is 17.5 Å². The van der Waals surface area contributed by atoms with E-state index in [0.717, 1.165) is 129 Å². The summed E-state index contributed by atoms with van der Waals surface area (Å²) in [4.78, 5) is 43.2. The van der Waals surface area contributed by atoms with Crippen molar-refractivity contribution in [1.29, 1.82) is 0 Å². The van der Waals surface area contributed by atoms with E-state index in [-0.39, 0.29) is 16.2 Å². The normalized spacial score (nSPS) is 14.3. The average Bonchev–Trinajstić information content (AvgIpc) is 1.57. The van der Waals surface area contributed by atoms with Crippen LogP contribution in [0.15, 0.2) is 480 Å². The fraction of sp³-hybridized carbons (Fsp3) is 0.128. The van der Waals surface area contributed by atoms with Gasteiger partial charge in [0.05, 0.1) is 34.2 Å². The molecule has 0 radical (unpaired) electrons. The van der Waals surface area contributed by atoms with Crippen molar-refractivity contribution in [2.24, 2.45) is 0 Å². The Morgan fingerprint density at radius 2 is 0.340 bits per heavy atom. The fourth-order valence-electron chi connectivity index (χ4n) is 24.9. The lowest BCUT2D eigenvalue weighted by Gasteiger charge is -2.36. The quantitative estimate of drug-likeness (QED) is 0.0932. The highest BCUT2D eigenvalue weighted by molar-refractivity contribution is 5.91. The van der Waals surface area contributed by atoms with Gasteiger partial charge in [-0.3, -0.25) is 15.0 Å². The lowest BCUT2D eigenvalue weighted by atomic mass is 9.68. The first-order valence-electron chi connectivity index (χ1n) is 53.2.